The third-order valence-corrected chi connectivity index (χ3v) is 6.04. The molecule has 2 unspecified atom stereocenters. The molecule has 0 saturated carbocycles. The zero-order chi connectivity index (χ0) is 23.2. The highest BCUT2D eigenvalue weighted by Crippen LogP contribution is 2.32. The summed E-state index contributed by atoms with van der Waals surface area (Å²) in [4.78, 5) is 24.2. The second kappa shape index (κ2) is 10.4. The van der Waals surface area contributed by atoms with Gasteiger partial charge < -0.3 is 24.2 Å². The van der Waals surface area contributed by atoms with Crippen molar-refractivity contribution in [2.45, 2.75) is 31.7 Å². The Morgan fingerprint density at radius 2 is 1.70 bits per heavy atom. The number of amides is 1. The van der Waals surface area contributed by atoms with Gasteiger partial charge in [0.15, 0.2) is 0 Å². The van der Waals surface area contributed by atoms with Gasteiger partial charge in [0, 0.05) is 12.5 Å². The largest absolute Gasteiger partial charge is 0.508 e. The molecule has 0 aromatic heterocycles. The van der Waals surface area contributed by atoms with Crippen LogP contribution in [0.2, 0.25) is 0 Å². The van der Waals surface area contributed by atoms with Crippen molar-refractivity contribution in [1.29, 1.82) is 0 Å². The summed E-state index contributed by atoms with van der Waals surface area (Å²) in [5.41, 5.74) is 2.97. The van der Waals surface area contributed by atoms with E-state index in [1.807, 2.05) is 42.5 Å². The van der Waals surface area contributed by atoms with Crippen LogP contribution in [-0.2, 0) is 27.4 Å². The van der Waals surface area contributed by atoms with E-state index in [4.69, 9.17) is 9.47 Å². The molecule has 1 aliphatic heterocycles. The Hall–Kier alpha value is -3.58. The first-order chi connectivity index (χ1) is 16.0. The number of benzene rings is 3. The maximum Gasteiger partial charge on any atom is 0.508 e. The molecule has 0 aliphatic carbocycles. The van der Waals surface area contributed by atoms with Crippen LogP contribution in [0.25, 0.3) is 10.8 Å². The molecule has 172 valence electrons. The smallest absolute Gasteiger partial charge is 0.465 e. The summed E-state index contributed by atoms with van der Waals surface area (Å²) in [6.07, 6.45) is -1.24. The normalized spacial score (nSPS) is 18.2. The van der Waals surface area contributed by atoms with E-state index in [1.165, 1.54) is 17.4 Å². The van der Waals surface area contributed by atoms with Gasteiger partial charge in [0.1, 0.15) is 6.61 Å². The first kappa shape index (κ1) is 22.6. The lowest BCUT2D eigenvalue weighted by molar-refractivity contribution is -0.0199. The number of piperidine rings is 1. The molecule has 1 heterocycles. The van der Waals surface area contributed by atoms with E-state index in [9.17, 15) is 14.7 Å². The number of hydrogen-bond donors (Lipinski definition) is 1. The molecule has 0 radical (unpaired) electrons. The summed E-state index contributed by atoms with van der Waals surface area (Å²) < 4.78 is 15.8. The van der Waals surface area contributed by atoms with Crippen molar-refractivity contribution in [3.63, 3.8) is 0 Å². The van der Waals surface area contributed by atoms with Gasteiger partial charge in [-0.1, -0.05) is 60.7 Å². The summed E-state index contributed by atoms with van der Waals surface area (Å²) in [5.74, 6) is 0.0663. The molecule has 1 aliphatic rings. The van der Waals surface area contributed by atoms with E-state index in [2.05, 4.69) is 29.0 Å². The van der Waals surface area contributed by atoms with Gasteiger partial charge in [0.2, 0.25) is 0 Å². The van der Waals surface area contributed by atoms with Crippen molar-refractivity contribution in [1.82, 2.24) is 4.90 Å². The molecule has 7 heteroatoms. The number of methoxy groups -OCH3 is 1. The van der Waals surface area contributed by atoms with Gasteiger partial charge in [0.05, 0.1) is 26.4 Å². The van der Waals surface area contributed by atoms with Crippen LogP contribution in [0.4, 0.5) is 9.59 Å². The molecule has 3 aromatic rings. The minimum atomic E-state index is -0.928. The van der Waals surface area contributed by atoms with Gasteiger partial charge >= 0.3 is 12.2 Å². The zero-order valence-corrected chi connectivity index (χ0v) is 18.5. The predicted octanol–water partition coefficient (Wildman–Crippen LogP) is 5.18. The average Bonchev–Trinajstić information content (AvgIpc) is 2.86. The zero-order valence-electron chi connectivity index (χ0n) is 18.5. The van der Waals surface area contributed by atoms with E-state index >= 15 is 0 Å². The Morgan fingerprint density at radius 3 is 2.42 bits per heavy atom. The highest BCUT2D eigenvalue weighted by Gasteiger charge is 2.33. The Labute approximate surface area is 192 Å². The second-order valence-electron chi connectivity index (χ2n) is 8.14. The molecular formula is C26H27NO6. The van der Waals surface area contributed by atoms with E-state index < -0.39 is 12.2 Å². The number of likely N-dealkylation sites (tertiary alicyclic amines) is 1. The molecular weight excluding hydrogens is 422 g/mol. The van der Waals surface area contributed by atoms with Gasteiger partial charge in [-0.2, -0.15) is 0 Å². The summed E-state index contributed by atoms with van der Waals surface area (Å²) in [6, 6.07) is 22.2. The fourth-order valence-electron chi connectivity index (χ4n) is 4.23. The van der Waals surface area contributed by atoms with Gasteiger partial charge in [-0.05, 0) is 39.9 Å². The van der Waals surface area contributed by atoms with E-state index in [0.29, 0.717) is 26.1 Å². The quantitative estimate of drug-likeness (QED) is 0.522. The monoisotopic (exact) mass is 449 g/mol. The van der Waals surface area contributed by atoms with Crippen LogP contribution < -0.4 is 0 Å². The Balaban J connectivity index is 1.47. The minimum Gasteiger partial charge on any atom is -0.465 e. The highest BCUT2D eigenvalue weighted by molar-refractivity contribution is 5.82. The number of nitrogens with zero attached hydrogens (tertiary/aromatic N) is 1. The van der Waals surface area contributed by atoms with Crippen LogP contribution in [0, 0.1) is 0 Å². The van der Waals surface area contributed by atoms with E-state index in [1.54, 1.807) is 0 Å². The number of ether oxygens (including phenoxy) is 3. The van der Waals surface area contributed by atoms with Gasteiger partial charge in [-0.15, -0.1) is 0 Å². The Morgan fingerprint density at radius 1 is 0.970 bits per heavy atom. The third-order valence-electron chi connectivity index (χ3n) is 6.04. The van der Waals surface area contributed by atoms with Crippen molar-refractivity contribution < 1.29 is 28.9 Å². The fraction of sp³-hybridized carbons (Fsp3) is 0.308. The van der Waals surface area contributed by atoms with Crippen LogP contribution in [0.5, 0.6) is 0 Å². The number of carbonyl (C=O) groups excluding carboxylic acids is 1. The van der Waals surface area contributed by atoms with Crippen LogP contribution in [-0.4, -0.2) is 48.6 Å². The Bertz CT molecular complexity index is 1110. The molecule has 1 N–H and O–H groups in total. The van der Waals surface area contributed by atoms with E-state index in [0.717, 1.165) is 22.1 Å². The number of hydrogen-bond acceptors (Lipinski definition) is 5. The van der Waals surface area contributed by atoms with Gasteiger partial charge in [0.25, 0.3) is 0 Å². The highest BCUT2D eigenvalue weighted by atomic mass is 16.7. The van der Waals surface area contributed by atoms with Crippen LogP contribution in [0.15, 0.2) is 66.7 Å². The standard InChI is InChI=1S/C26H27NO6/c1-31-26(30)33-16-18-6-10-21(11-7-18)23-12-13-27(25(28)29)15-24(23)32-17-19-8-9-20-4-2-3-5-22(20)14-19/h2-11,14,23-24H,12-13,15-17H2,1H3,(H,28,29). The number of carboxylic acid groups (broad SMARTS) is 1. The molecule has 0 spiro atoms. The number of fused-ring (bicyclic) bond motifs is 1. The van der Waals surface area contributed by atoms with Crippen molar-refractivity contribution in [2.24, 2.45) is 0 Å². The summed E-state index contributed by atoms with van der Waals surface area (Å²) in [5, 5.41) is 11.8. The van der Waals surface area contributed by atoms with Gasteiger partial charge in [-0.3, -0.25) is 0 Å². The third kappa shape index (κ3) is 5.62. The van der Waals surface area contributed by atoms with Crippen LogP contribution in [0.1, 0.15) is 29.0 Å². The molecule has 0 bridgehead atoms. The lowest BCUT2D eigenvalue weighted by Crippen LogP contribution is -2.46. The van der Waals surface area contributed by atoms with Crippen molar-refractivity contribution in [3.05, 3.63) is 83.4 Å². The second-order valence-corrected chi connectivity index (χ2v) is 8.14. The molecule has 7 nitrogen and oxygen atoms in total. The maximum atomic E-state index is 11.6. The van der Waals surface area contributed by atoms with Gasteiger partial charge in [-0.25, -0.2) is 9.59 Å². The molecule has 1 fully saturated rings. The van der Waals surface area contributed by atoms with E-state index in [-0.39, 0.29) is 18.6 Å². The Kier molecular flexibility index (Phi) is 7.10. The van der Waals surface area contributed by atoms with Crippen LogP contribution >= 0.6 is 0 Å². The summed E-state index contributed by atoms with van der Waals surface area (Å²) in [7, 11) is 1.27. The molecule has 1 saturated heterocycles. The minimum absolute atomic E-state index is 0.0663. The first-order valence-corrected chi connectivity index (χ1v) is 10.9. The average molecular weight is 450 g/mol. The molecule has 3 aromatic carbocycles. The first-order valence-electron chi connectivity index (χ1n) is 10.9. The topological polar surface area (TPSA) is 85.3 Å². The predicted molar refractivity (Wildman–Crippen MR) is 123 cm³/mol. The fourth-order valence-corrected chi connectivity index (χ4v) is 4.23. The molecule has 4 rings (SSSR count). The number of rotatable bonds is 6. The summed E-state index contributed by atoms with van der Waals surface area (Å²) in [6.45, 7) is 1.32. The summed E-state index contributed by atoms with van der Waals surface area (Å²) >= 11 is 0. The number of carbonyl (C=O) groups is 2. The van der Waals surface area contributed by atoms with Crippen LogP contribution in [0.3, 0.4) is 0 Å². The SMILES string of the molecule is COC(=O)OCc1ccc(C2CCN(C(=O)O)CC2OCc2ccc3ccccc3c2)cc1. The van der Waals surface area contributed by atoms with Crippen molar-refractivity contribution in [2.75, 3.05) is 20.2 Å². The molecule has 2 atom stereocenters. The van der Waals surface area contributed by atoms with Crippen molar-refractivity contribution in [3.8, 4) is 0 Å². The molecule has 1 amide bonds. The van der Waals surface area contributed by atoms with Crippen molar-refractivity contribution >= 4 is 23.0 Å². The lowest BCUT2D eigenvalue weighted by Gasteiger charge is -2.37. The lowest BCUT2D eigenvalue weighted by atomic mass is 9.86. The maximum absolute atomic E-state index is 11.6. The molecule has 33 heavy (non-hydrogen) atoms.